The molecule has 2 nitrogen and oxygen atoms in total. The van der Waals surface area contributed by atoms with E-state index in [4.69, 9.17) is 0 Å². The van der Waals surface area contributed by atoms with Gasteiger partial charge in [0.1, 0.15) is 0 Å². The fourth-order valence-corrected chi connectivity index (χ4v) is 0.701. The molecule has 0 aromatic heterocycles. The average Bonchev–Trinajstić information content (AvgIpc) is 2.11. The van der Waals surface area contributed by atoms with Gasteiger partial charge in [0.15, 0.2) is 0 Å². The molecule has 0 N–H and O–H groups in total. The summed E-state index contributed by atoms with van der Waals surface area (Å²) in [6.07, 6.45) is 5.93. The average molecular weight is 180 g/mol. The highest BCUT2D eigenvalue weighted by Crippen LogP contribution is 2.01. The smallest absolute Gasteiger partial charge is 0.0439 e. The normalized spacial score (nSPS) is 12.6. The zero-order valence-corrected chi connectivity index (χ0v) is 9.12. The molecule has 74 valence electrons. The molecule has 0 fully saturated rings. The van der Waals surface area contributed by atoms with E-state index in [1.807, 2.05) is 43.2 Å². The molecule has 2 heteroatoms. The van der Waals surface area contributed by atoms with Crippen molar-refractivity contribution in [3.63, 3.8) is 0 Å². The van der Waals surface area contributed by atoms with Gasteiger partial charge >= 0.3 is 0 Å². The van der Waals surface area contributed by atoms with Gasteiger partial charge in [0.2, 0.25) is 0 Å². The maximum Gasteiger partial charge on any atom is 0.0439 e. The van der Waals surface area contributed by atoms with Crippen LogP contribution in [0.25, 0.3) is 0 Å². The van der Waals surface area contributed by atoms with Gasteiger partial charge in [0.25, 0.3) is 0 Å². The lowest BCUT2D eigenvalue weighted by atomic mass is 10.2. The molecule has 0 aromatic carbocycles. The Hall–Kier alpha value is -1.18. The standard InChI is InChI=1S/C11H20N2/c1-7-13(6)11(3)9-8-10(2)12(4)5/h7-9,11H,1-2H2,3-6H3/b9-8-. The van der Waals surface area contributed by atoms with E-state index in [0.717, 1.165) is 5.70 Å². The summed E-state index contributed by atoms with van der Waals surface area (Å²) in [7, 11) is 5.96. The zero-order chi connectivity index (χ0) is 10.4. The third kappa shape index (κ3) is 4.41. The van der Waals surface area contributed by atoms with E-state index in [2.05, 4.69) is 26.2 Å². The highest BCUT2D eigenvalue weighted by atomic mass is 15.1. The van der Waals surface area contributed by atoms with Crippen LogP contribution in [0.4, 0.5) is 0 Å². The van der Waals surface area contributed by atoms with Gasteiger partial charge in [-0.2, -0.15) is 0 Å². The largest absolute Gasteiger partial charge is 0.378 e. The van der Waals surface area contributed by atoms with Gasteiger partial charge in [-0.15, -0.1) is 0 Å². The predicted octanol–water partition coefficient (Wildman–Crippen LogP) is 2.08. The van der Waals surface area contributed by atoms with Crippen LogP contribution < -0.4 is 0 Å². The van der Waals surface area contributed by atoms with Crippen molar-refractivity contribution in [1.82, 2.24) is 9.80 Å². The molecule has 0 bridgehead atoms. The Balaban J connectivity index is 4.11. The van der Waals surface area contributed by atoms with E-state index >= 15 is 0 Å². The summed E-state index contributed by atoms with van der Waals surface area (Å²) in [6.45, 7) is 9.72. The molecular formula is C11H20N2. The molecule has 0 saturated heterocycles. The molecule has 13 heavy (non-hydrogen) atoms. The number of rotatable bonds is 5. The van der Waals surface area contributed by atoms with Crippen molar-refractivity contribution in [2.45, 2.75) is 13.0 Å². The summed E-state index contributed by atoms with van der Waals surface area (Å²) in [5.74, 6) is 0. The van der Waals surface area contributed by atoms with Crippen LogP contribution in [-0.4, -0.2) is 37.0 Å². The van der Waals surface area contributed by atoms with Crippen LogP contribution in [0.1, 0.15) is 6.92 Å². The van der Waals surface area contributed by atoms with Crippen LogP contribution in [0, 0.1) is 0 Å². The van der Waals surface area contributed by atoms with E-state index in [9.17, 15) is 0 Å². The summed E-state index contributed by atoms with van der Waals surface area (Å²) in [4.78, 5) is 4.02. The van der Waals surface area contributed by atoms with E-state index in [-0.39, 0.29) is 0 Å². The zero-order valence-electron chi connectivity index (χ0n) is 9.12. The molecule has 1 atom stereocenters. The van der Waals surface area contributed by atoms with Crippen molar-refractivity contribution in [2.75, 3.05) is 21.1 Å². The summed E-state index contributed by atoms with van der Waals surface area (Å²) in [5.41, 5.74) is 1.00. The van der Waals surface area contributed by atoms with Crippen molar-refractivity contribution in [1.29, 1.82) is 0 Å². The Morgan fingerprint density at radius 1 is 1.31 bits per heavy atom. The van der Waals surface area contributed by atoms with Crippen LogP contribution in [-0.2, 0) is 0 Å². The molecule has 0 amide bonds. The Morgan fingerprint density at radius 3 is 2.23 bits per heavy atom. The molecule has 0 aliphatic heterocycles. The lowest BCUT2D eigenvalue weighted by molar-refractivity contribution is 0.408. The lowest BCUT2D eigenvalue weighted by Gasteiger charge is -2.19. The van der Waals surface area contributed by atoms with Crippen molar-refractivity contribution >= 4 is 0 Å². The maximum absolute atomic E-state index is 3.91. The number of likely N-dealkylation sites (N-methyl/N-ethyl adjacent to an activating group) is 2. The third-order valence-corrected chi connectivity index (χ3v) is 2.07. The van der Waals surface area contributed by atoms with Gasteiger partial charge in [0, 0.05) is 32.9 Å². The lowest BCUT2D eigenvalue weighted by Crippen LogP contribution is -2.21. The highest BCUT2D eigenvalue weighted by Gasteiger charge is 1.99. The van der Waals surface area contributed by atoms with Crippen LogP contribution >= 0.6 is 0 Å². The molecular weight excluding hydrogens is 160 g/mol. The van der Waals surface area contributed by atoms with Crippen LogP contribution in [0.2, 0.25) is 0 Å². The first-order valence-corrected chi connectivity index (χ1v) is 4.38. The van der Waals surface area contributed by atoms with Crippen molar-refractivity contribution < 1.29 is 0 Å². The quantitative estimate of drug-likeness (QED) is 0.598. The van der Waals surface area contributed by atoms with Gasteiger partial charge in [0.05, 0.1) is 0 Å². The van der Waals surface area contributed by atoms with Gasteiger partial charge < -0.3 is 9.80 Å². The summed E-state index contributed by atoms with van der Waals surface area (Å²) in [5, 5.41) is 0. The number of hydrogen-bond acceptors (Lipinski definition) is 2. The summed E-state index contributed by atoms with van der Waals surface area (Å²) < 4.78 is 0. The van der Waals surface area contributed by atoms with E-state index in [1.165, 1.54) is 0 Å². The summed E-state index contributed by atoms with van der Waals surface area (Å²) in [6, 6.07) is 0.356. The van der Waals surface area contributed by atoms with Gasteiger partial charge in [-0.25, -0.2) is 0 Å². The van der Waals surface area contributed by atoms with Gasteiger partial charge in [-0.05, 0) is 19.2 Å². The van der Waals surface area contributed by atoms with Crippen LogP contribution in [0.15, 0.2) is 37.2 Å². The molecule has 0 saturated carbocycles. The van der Waals surface area contributed by atoms with Crippen LogP contribution in [0.3, 0.4) is 0 Å². The predicted molar refractivity (Wildman–Crippen MR) is 59.4 cm³/mol. The SMILES string of the molecule is C=CN(C)C(C)/C=C\C(=C)N(C)C. The molecule has 0 heterocycles. The van der Waals surface area contributed by atoms with Crippen LogP contribution in [0.5, 0.6) is 0 Å². The second-order valence-corrected chi connectivity index (χ2v) is 3.33. The van der Waals surface area contributed by atoms with E-state index in [0.29, 0.717) is 6.04 Å². The minimum Gasteiger partial charge on any atom is -0.378 e. The minimum atomic E-state index is 0.356. The fourth-order valence-electron chi connectivity index (χ4n) is 0.701. The number of allylic oxidation sites excluding steroid dienone is 1. The minimum absolute atomic E-state index is 0.356. The molecule has 0 radical (unpaired) electrons. The first-order chi connectivity index (χ1) is 5.99. The first-order valence-electron chi connectivity index (χ1n) is 4.38. The number of hydrogen-bond donors (Lipinski definition) is 0. The Bertz CT molecular complexity index is 204. The topological polar surface area (TPSA) is 6.48 Å². The number of nitrogens with zero attached hydrogens (tertiary/aromatic N) is 2. The monoisotopic (exact) mass is 180 g/mol. The maximum atomic E-state index is 3.91. The Morgan fingerprint density at radius 2 is 1.85 bits per heavy atom. The molecule has 0 rings (SSSR count). The molecule has 0 aliphatic rings. The van der Waals surface area contributed by atoms with Gasteiger partial charge in [-0.1, -0.05) is 19.2 Å². The van der Waals surface area contributed by atoms with Gasteiger partial charge in [-0.3, -0.25) is 0 Å². The molecule has 0 spiro atoms. The van der Waals surface area contributed by atoms with E-state index in [1.54, 1.807) is 0 Å². The molecule has 1 unspecified atom stereocenters. The summed E-state index contributed by atoms with van der Waals surface area (Å²) >= 11 is 0. The third-order valence-electron chi connectivity index (χ3n) is 2.07. The van der Waals surface area contributed by atoms with E-state index < -0.39 is 0 Å². The highest BCUT2D eigenvalue weighted by molar-refractivity contribution is 5.14. The second kappa shape index (κ2) is 5.46. The second-order valence-electron chi connectivity index (χ2n) is 3.33. The Labute approximate surface area is 81.8 Å². The van der Waals surface area contributed by atoms with Crippen molar-refractivity contribution in [3.8, 4) is 0 Å². The molecule has 0 aliphatic carbocycles. The Kier molecular flexibility index (Phi) is 4.97. The molecule has 0 aromatic rings. The van der Waals surface area contributed by atoms with Crippen molar-refractivity contribution in [3.05, 3.63) is 37.2 Å². The van der Waals surface area contributed by atoms with Crippen molar-refractivity contribution in [2.24, 2.45) is 0 Å². The fraction of sp³-hybridized carbons (Fsp3) is 0.455. The first kappa shape index (κ1) is 11.8.